The van der Waals surface area contributed by atoms with E-state index in [2.05, 4.69) is 0 Å². The highest BCUT2D eigenvalue weighted by Crippen LogP contribution is 2.24. The summed E-state index contributed by atoms with van der Waals surface area (Å²) in [4.78, 5) is 0. The minimum absolute atomic E-state index is 0.0181. The van der Waals surface area contributed by atoms with Gasteiger partial charge >= 0.3 is 0 Å². The number of rotatable bonds is 7. The Morgan fingerprint density at radius 3 is 2.69 bits per heavy atom. The molecule has 1 aliphatic rings. The van der Waals surface area contributed by atoms with Crippen molar-refractivity contribution in [3.05, 3.63) is 0 Å². The molecule has 0 aromatic carbocycles. The van der Waals surface area contributed by atoms with Gasteiger partial charge in [0.15, 0.2) is 0 Å². The van der Waals surface area contributed by atoms with E-state index in [9.17, 15) is 4.39 Å². The van der Waals surface area contributed by atoms with Crippen LogP contribution in [0.3, 0.4) is 0 Å². The van der Waals surface area contributed by atoms with Crippen LogP contribution in [0.4, 0.5) is 4.39 Å². The van der Waals surface area contributed by atoms with Crippen molar-refractivity contribution in [1.29, 1.82) is 0 Å². The molecule has 0 aliphatic carbocycles. The topological polar surface area (TPSA) is 35.2 Å². The van der Waals surface area contributed by atoms with Crippen molar-refractivity contribution in [3.8, 4) is 0 Å². The summed E-state index contributed by atoms with van der Waals surface area (Å²) in [5.41, 5.74) is 5.60. The van der Waals surface area contributed by atoms with Crippen LogP contribution in [0.1, 0.15) is 46.0 Å². The number of alkyl halides is 1. The highest BCUT2D eigenvalue weighted by molar-refractivity contribution is 4.74. The molecule has 0 aromatic heterocycles. The van der Waals surface area contributed by atoms with Gasteiger partial charge in [0.05, 0.1) is 6.10 Å². The third-order valence-corrected chi connectivity index (χ3v) is 3.62. The highest BCUT2D eigenvalue weighted by Gasteiger charge is 2.23. The van der Waals surface area contributed by atoms with Crippen LogP contribution in [-0.4, -0.2) is 25.4 Å². The van der Waals surface area contributed by atoms with E-state index in [0.29, 0.717) is 25.0 Å². The monoisotopic (exact) mass is 231 g/mol. The number of ether oxygens (including phenoxy) is 1. The lowest BCUT2D eigenvalue weighted by Crippen LogP contribution is -2.29. The first kappa shape index (κ1) is 13.9. The molecule has 96 valence electrons. The van der Waals surface area contributed by atoms with Crippen LogP contribution < -0.4 is 5.73 Å². The van der Waals surface area contributed by atoms with Crippen molar-refractivity contribution in [2.45, 2.75) is 58.2 Å². The maximum Gasteiger partial charge on any atom is 0.104 e. The van der Waals surface area contributed by atoms with Gasteiger partial charge in [0, 0.05) is 12.5 Å². The van der Waals surface area contributed by atoms with Crippen LogP contribution in [0.15, 0.2) is 0 Å². The first-order chi connectivity index (χ1) is 7.65. The Hall–Kier alpha value is -0.150. The third kappa shape index (κ3) is 4.38. The number of hydrogen-bond acceptors (Lipinski definition) is 2. The number of halogens is 1. The Balaban J connectivity index is 2.15. The molecule has 1 fully saturated rings. The molecule has 2 nitrogen and oxygen atoms in total. The van der Waals surface area contributed by atoms with Gasteiger partial charge in [0.1, 0.15) is 6.17 Å². The SMILES string of the molecule is CC(C)C(CN)C(F)CCCC1CCCO1. The van der Waals surface area contributed by atoms with Gasteiger partial charge < -0.3 is 10.5 Å². The van der Waals surface area contributed by atoms with Gasteiger partial charge in [-0.2, -0.15) is 0 Å². The quantitative estimate of drug-likeness (QED) is 0.731. The molecule has 1 heterocycles. The molecule has 1 aliphatic heterocycles. The van der Waals surface area contributed by atoms with Crippen molar-refractivity contribution in [2.24, 2.45) is 17.6 Å². The van der Waals surface area contributed by atoms with Crippen molar-refractivity contribution in [2.75, 3.05) is 13.2 Å². The zero-order valence-corrected chi connectivity index (χ0v) is 10.6. The second-order valence-corrected chi connectivity index (χ2v) is 5.23. The minimum atomic E-state index is -0.744. The lowest BCUT2D eigenvalue weighted by atomic mass is 9.88. The average molecular weight is 231 g/mol. The summed E-state index contributed by atoms with van der Waals surface area (Å²) < 4.78 is 19.4. The molecule has 2 N–H and O–H groups in total. The maximum atomic E-state index is 13.9. The van der Waals surface area contributed by atoms with E-state index in [1.165, 1.54) is 6.42 Å². The van der Waals surface area contributed by atoms with Gasteiger partial charge in [-0.1, -0.05) is 13.8 Å². The van der Waals surface area contributed by atoms with Gasteiger partial charge in [0.2, 0.25) is 0 Å². The summed E-state index contributed by atoms with van der Waals surface area (Å²) in [7, 11) is 0. The van der Waals surface area contributed by atoms with E-state index < -0.39 is 6.17 Å². The second kappa shape index (κ2) is 7.23. The highest BCUT2D eigenvalue weighted by atomic mass is 19.1. The molecule has 3 unspecified atom stereocenters. The van der Waals surface area contributed by atoms with E-state index in [1.807, 2.05) is 13.8 Å². The van der Waals surface area contributed by atoms with Gasteiger partial charge in [-0.05, 0) is 44.6 Å². The summed E-state index contributed by atoms with van der Waals surface area (Å²) in [5.74, 6) is 0.354. The van der Waals surface area contributed by atoms with Crippen molar-refractivity contribution in [1.82, 2.24) is 0 Å². The van der Waals surface area contributed by atoms with Crippen molar-refractivity contribution in [3.63, 3.8) is 0 Å². The molecule has 1 rings (SSSR count). The summed E-state index contributed by atoms with van der Waals surface area (Å²) >= 11 is 0. The molecule has 0 aromatic rings. The lowest BCUT2D eigenvalue weighted by Gasteiger charge is -2.23. The molecule has 16 heavy (non-hydrogen) atoms. The Kier molecular flexibility index (Phi) is 6.29. The maximum absolute atomic E-state index is 13.9. The first-order valence-electron chi connectivity index (χ1n) is 6.61. The summed E-state index contributed by atoms with van der Waals surface area (Å²) in [6, 6.07) is 0. The molecular formula is C13H26FNO. The minimum Gasteiger partial charge on any atom is -0.378 e. The fraction of sp³-hybridized carbons (Fsp3) is 1.00. The van der Waals surface area contributed by atoms with Crippen LogP contribution in [-0.2, 0) is 4.74 Å². The fourth-order valence-corrected chi connectivity index (χ4v) is 2.46. The van der Waals surface area contributed by atoms with E-state index in [0.717, 1.165) is 25.9 Å². The molecular weight excluding hydrogens is 205 g/mol. The molecule has 3 heteroatoms. The van der Waals surface area contributed by atoms with Crippen LogP contribution in [0, 0.1) is 11.8 Å². The Morgan fingerprint density at radius 2 is 2.19 bits per heavy atom. The second-order valence-electron chi connectivity index (χ2n) is 5.23. The van der Waals surface area contributed by atoms with Gasteiger partial charge in [-0.15, -0.1) is 0 Å². The third-order valence-electron chi connectivity index (χ3n) is 3.62. The van der Waals surface area contributed by atoms with Gasteiger partial charge in [0.25, 0.3) is 0 Å². The van der Waals surface area contributed by atoms with Crippen LogP contribution in [0.5, 0.6) is 0 Å². The normalized spacial score (nSPS) is 24.9. The molecule has 1 saturated heterocycles. The van der Waals surface area contributed by atoms with Crippen LogP contribution in [0.25, 0.3) is 0 Å². The molecule has 0 radical (unpaired) electrons. The van der Waals surface area contributed by atoms with E-state index in [1.54, 1.807) is 0 Å². The standard InChI is InChI=1S/C13H26FNO/c1-10(2)12(9-15)13(14)7-3-5-11-6-4-8-16-11/h10-13H,3-9,15H2,1-2H3. The number of nitrogens with two attached hydrogens (primary N) is 1. The summed E-state index contributed by atoms with van der Waals surface area (Å²) in [6.45, 7) is 5.44. The van der Waals surface area contributed by atoms with E-state index >= 15 is 0 Å². The van der Waals surface area contributed by atoms with Crippen LogP contribution in [0.2, 0.25) is 0 Å². The average Bonchev–Trinajstić information content (AvgIpc) is 2.71. The Bertz CT molecular complexity index is 181. The Labute approximate surface area is 98.7 Å². The predicted octanol–water partition coefficient (Wildman–Crippen LogP) is 2.90. The zero-order valence-electron chi connectivity index (χ0n) is 10.6. The fourth-order valence-electron chi connectivity index (χ4n) is 2.46. The largest absolute Gasteiger partial charge is 0.378 e. The van der Waals surface area contributed by atoms with Crippen molar-refractivity contribution >= 4 is 0 Å². The van der Waals surface area contributed by atoms with E-state index in [-0.39, 0.29) is 5.92 Å². The lowest BCUT2D eigenvalue weighted by molar-refractivity contribution is 0.0958. The van der Waals surface area contributed by atoms with Crippen molar-refractivity contribution < 1.29 is 9.13 Å². The Morgan fingerprint density at radius 1 is 1.44 bits per heavy atom. The zero-order chi connectivity index (χ0) is 12.0. The predicted molar refractivity (Wildman–Crippen MR) is 65.1 cm³/mol. The molecule has 3 atom stereocenters. The van der Waals surface area contributed by atoms with Gasteiger partial charge in [-0.25, -0.2) is 4.39 Å². The van der Waals surface area contributed by atoms with Crippen LogP contribution >= 0.6 is 0 Å². The van der Waals surface area contributed by atoms with E-state index in [4.69, 9.17) is 10.5 Å². The summed E-state index contributed by atoms with van der Waals surface area (Å²) in [5, 5.41) is 0. The number of hydrogen-bond donors (Lipinski definition) is 1. The smallest absolute Gasteiger partial charge is 0.104 e. The first-order valence-corrected chi connectivity index (χ1v) is 6.61. The molecule has 0 amide bonds. The molecule has 0 bridgehead atoms. The molecule has 0 saturated carbocycles. The van der Waals surface area contributed by atoms with Gasteiger partial charge in [-0.3, -0.25) is 0 Å². The summed E-state index contributed by atoms with van der Waals surface area (Å²) in [6.07, 6.45) is 4.54. The molecule has 0 spiro atoms.